The Morgan fingerprint density at radius 2 is 1.92 bits per heavy atom. The minimum atomic E-state index is -4.62. The van der Waals surface area contributed by atoms with E-state index in [0.29, 0.717) is 31.9 Å². The number of carbonyl (C=O) groups is 1. The molecule has 3 rings (SSSR count). The smallest absolute Gasteiger partial charge is 0.335 e. The van der Waals surface area contributed by atoms with Gasteiger partial charge in [-0.25, -0.2) is 0 Å². The molecule has 2 heterocycles. The minimum Gasteiger partial charge on any atom is -0.335 e. The molecule has 0 spiro atoms. The van der Waals surface area contributed by atoms with Gasteiger partial charge in [0, 0.05) is 31.9 Å². The zero-order chi connectivity index (χ0) is 18.9. The van der Waals surface area contributed by atoms with Crippen LogP contribution in [0, 0.1) is 0 Å². The van der Waals surface area contributed by atoms with Gasteiger partial charge in [0.15, 0.2) is 0 Å². The van der Waals surface area contributed by atoms with Crippen molar-refractivity contribution in [3.8, 4) is 0 Å². The van der Waals surface area contributed by atoms with Crippen molar-refractivity contribution in [3.05, 3.63) is 69.6 Å². The number of benzene rings is 1. The van der Waals surface area contributed by atoms with Crippen molar-refractivity contribution in [2.24, 2.45) is 0 Å². The molecule has 0 saturated carbocycles. The van der Waals surface area contributed by atoms with E-state index in [4.69, 9.17) is 0 Å². The Labute approximate surface area is 148 Å². The highest BCUT2D eigenvalue weighted by Crippen LogP contribution is 2.29. The van der Waals surface area contributed by atoms with E-state index < -0.39 is 28.8 Å². The van der Waals surface area contributed by atoms with Gasteiger partial charge in [0.2, 0.25) is 0 Å². The SMILES string of the molecule is CN(Cc1ccccc1)C1CN(C(=O)c2cc(C(F)(F)F)c[nH]c2=O)C1. The van der Waals surface area contributed by atoms with Gasteiger partial charge in [0.1, 0.15) is 5.56 Å². The number of likely N-dealkylation sites (tertiary alicyclic amines) is 1. The van der Waals surface area contributed by atoms with Crippen LogP contribution >= 0.6 is 0 Å². The van der Waals surface area contributed by atoms with E-state index in [0.717, 1.165) is 5.56 Å². The summed E-state index contributed by atoms with van der Waals surface area (Å²) < 4.78 is 38.3. The largest absolute Gasteiger partial charge is 0.417 e. The van der Waals surface area contributed by atoms with Gasteiger partial charge in [-0.05, 0) is 18.7 Å². The van der Waals surface area contributed by atoms with Crippen LogP contribution in [-0.4, -0.2) is 46.9 Å². The average molecular weight is 365 g/mol. The normalized spacial score (nSPS) is 15.2. The summed E-state index contributed by atoms with van der Waals surface area (Å²) in [5.74, 6) is -0.679. The number of aromatic amines is 1. The van der Waals surface area contributed by atoms with Crippen molar-refractivity contribution in [2.45, 2.75) is 18.8 Å². The first-order valence-corrected chi connectivity index (χ1v) is 8.09. The molecule has 1 aromatic heterocycles. The molecule has 5 nitrogen and oxygen atoms in total. The molecule has 1 N–H and O–H groups in total. The van der Waals surface area contributed by atoms with Crippen LogP contribution in [0.5, 0.6) is 0 Å². The van der Waals surface area contributed by atoms with Crippen molar-refractivity contribution in [1.29, 1.82) is 0 Å². The van der Waals surface area contributed by atoms with Crippen LogP contribution in [0.25, 0.3) is 0 Å². The summed E-state index contributed by atoms with van der Waals surface area (Å²) in [5, 5.41) is 0. The van der Waals surface area contributed by atoms with Gasteiger partial charge in [0.05, 0.1) is 5.56 Å². The minimum absolute atomic E-state index is 0.101. The van der Waals surface area contributed by atoms with Gasteiger partial charge in [-0.3, -0.25) is 14.5 Å². The zero-order valence-corrected chi connectivity index (χ0v) is 14.1. The van der Waals surface area contributed by atoms with Gasteiger partial charge in [-0.2, -0.15) is 13.2 Å². The topological polar surface area (TPSA) is 56.4 Å². The number of H-pyrrole nitrogens is 1. The molecule has 1 saturated heterocycles. The zero-order valence-electron chi connectivity index (χ0n) is 14.1. The van der Waals surface area contributed by atoms with Crippen LogP contribution in [0.3, 0.4) is 0 Å². The Balaban J connectivity index is 1.64. The molecule has 1 aliphatic rings. The molecule has 1 amide bonds. The number of nitrogens with one attached hydrogen (secondary N) is 1. The molecule has 8 heteroatoms. The van der Waals surface area contributed by atoms with Crippen LogP contribution in [0.15, 0.2) is 47.4 Å². The molecule has 2 aromatic rings. The van der Waals surface area contributed by atoms with Crippen molar-refractivity contribution in [1.82, 2.24) is 14.8 Å². The van der Waals surface area contributed by atoms with Gasteiger partial charge in [-0.1, -0.05) is 30.3 Å². The molecule has 138 valence electrons. The second-order valence-electron chi connectivity index (χ2n) is 6.39. The Hall–Kier alpha value is -2.61. The third-order valence-corrected chi connectivity index (χ3v) is 4.51. The van der Waals surface area contributed by atoms with Gasteiger partial charge in [0.25, 0.3) is 11.5 Å². The van der Waals surface area contributed by atoms with E-state index in [-0.39, 0.29) is 6.04 Å². The summed E-state index contributed by atoms with van der Waals surface area (Å²) in [6.07, 6.45) is -4.04. The predicted octanol–water partition coefficient (Wildman–Crippen LogP) is 2.35. The quantitative estimate of drug-likeness (QED) is 0.905. The van der Waals surface area contributed by atoms with Gasteiger partial charge >= 0.3 is 6.18 Å². The number of likely N-dealkylation sites (N-methyl/N-ethyl adjacent to an activating group) is 1. The molecule has 0 atom stereocenters. The number of halogens is 3. The number of rotatable bonds is 4. The predicted molar refractivity (Wildman–Crippen MR) is 89.7 cm³/mol. The second-order valence-corrected chi connectivity index (χ2v) is 6.39. The number of alkyl halides is 3. The molecule has 0 radical (unpaired) electrons. The summed E-state index contributed by atoms with van der Waals surface area (Å²) >= 11 is 0. The average Bonchev–Trinajstić information content (AvgIpc) is 2.53. The van der Waals surface area contributed by atoms with E-state index in [1.807, 2.05) is 42.4 Å². The van der Waals surface area contributed by atoms with E-state index in [9.17, 15) is 22.8 Å². The van der Waals surface area contributed by atoms with Crippen LogP contribution in [0.2, 0.25) is 0 Å². The van der Waals surface area contributed by atoms with Crippen LogP contribution in [0.1, 0.15) is 21.5 Å². The van der Waals surface area contributed by atoms with Gasteiger partial charge in [-0.15, -0.1) is 0 Å². The highest BCUT2D eigenvalue weighted by molar-refractivity contribution is 5.94. The molecule has 0 bridgehead atoms. The lowest BCUT2D eigenvalue weighted by molar-refractivity contribution is -0.137. The Morgan fingerprint density at radius 3 is 2.54 bits per heavy atom. The van der Waals surface area contributed by atoms with E-state index >= 15 is 0 Å². The number of amides is 1. The third-order valence-electron chi connectivity index (χ3n) is 4.51. The van der Waals surface area contributed by atoms with Gasteiger partial charge < -0.3 is 9.88 Å². The maximum absolute atomic E-state index is 12.8. The fraction of sp³-hybridized carbons (Fsp3) is 0.333. The van der Waals surface area contributed by atoms with Crippen molar-refractivity contribution >= 4 is 5.91 Å². The fourth-order valence-electron chi connectivity index (χ4n) is 2.88. The summed E-state index contributed by atoms with van der Waals surface area (Å²) in [5.41, 5.74) is -1.21. The number of pyridine rings is 1. The number of hydrogen-bond donors (Lipinski definition) is 1. The standard InChI is InChI=1S/C18H18F3N3O2/c1-23(9-12-5-3-2-4-6-12)14-10-24(11-14)17(26)15-7-13(18(19,20)21)8-22-16(15)25/h2-8,14H,9-11H2,1H3,(H,22,25). The Bertz CT molecular complexity index is 843. The number of carbonyl (C=O) groups excluding carboxylic acids is 1. The Morgan fingerprint density at radius 1 is 1.27 bits per heavy atom. The monoisotopic (exact) mass is 365 g/mol. The molecule has 1 aliphatic heterocycles. The highest BCUT2D eigenvalue weighted by Gasteiger charge is 2.36. The molecule has 1 fully saturated rings. The molecule has 0 aliphatic carbocycles. The molecule has 1 aromatic carbocycles. The summed E-state index contributed by atoms with van der Waals surface area (Å²) in [4.78, 5) is 29.6. The van der Waals surface area contributed by atoms with E-state index in [1.54, 1.807) is 0 Å². The van der Waals surface area contributed by atoms with Crippen molar-refractivity contribution < 1.29 is 18.0 Å². The van der Waals surface area contributed by atoms with Crippen molar-refractivity contribution in [3.63, 3.8) is 0 Å². The summed E-state index contributed by atoms with van der Waals surface area (Å²) in [6, 6.07) is 10.5. The lowest BCUT2D eigenvalue weighted by Gasteiger charge is -2.44. The third kappa shape index (κ3) is 3.80. The van der Waals surface area contributed by atoms with Crippen molar-refractivity contribution in [2.75, 3.05) is 20.1 Å². The first-order valence-electron chi connectivity index (χ1n) is 8.09. The second kappa shape index (κ2) is 6.95. The highest BCUT2D eigenvalue weighted by atomic mass is 19.4. The number of aromatic nitrogens is 1. The maximum atomic E-state index is 12.8. The number of hydrogen-bond acceptors (Lipinski definition) is 3. The summed E-state index contributed by atoms with van der Waals surface area (Å²) in [7, 11) is 1.93. The molecular formula is C18H18F3N3O2. The van der Waals surface area contributed by atoms with Crippen LogP contribution < -0.4 is 5.56 Å². The molecular weight excluding hydrogens is 347 g/mol. The van der Waals surface area contributed by atoms with E-state index in [1.165, 1.54) is 4.90 Å². The molecule has 0 unspecified atom stereocenters. The van der Waals surface area contributed by atoms with Crippen LogP contribution in [0.4, 0.5) is 13.2 Å². The maximum Gasteiger partial charge on any atom is 0.417 e. The summed E-state index contributed by atoms with van der Waals surface area (Å²) in [6.45, 7) is 1.45. The molecule has 26 heavy (non-hydrogen) atoms. The number of nitrogens with zero attached hydrogens (tertiary/aromatic N) is 2. The first-order chi connectivity index (χ1) is 12.3. The first kappa shape index (κ1) is 18.2. The Kier molecular flexibility index (Phi) is 4.86. The fourth-order valence-corrected chi connectivity index (χ4v) is 2.88. The van der Waals surface area contributed by atoms with E-state index in [2.05, 4.69) is 4.90 Å². The lowest BCUT2D eigenvalue weighted by Crippen LogP contribution is -2.60. The van der Waals surface area contributed by atoms with Crippen LogP contribution in [-0.2, 0) is 12.7 Å². The lowest BCUT2D eigenvalue weighted by atomic mass is 10.0.